The second-order valence-corrected chi connectivity index (χ2v) is 8.49. The Hall–Kier alpha value is -1.83. The van der Waals surface area contributed by atoms with Gasteiger partial charge in [-0.05, 0) is 35.9 Å². The maximum absolute atomic E-state index is 13.3. The maximum Gasteiger partial charge on any atom is 0.243 e. The number of likely N-dealkylation sites (N-methyl/N-ethyl adjacent to an activating group) is 1. The van der Waals surface area contributed by atoms with Crippen LogP contribution in [0.15, 0.2) is 42.5 Å². The Morgan fingerprint density at radius 2 is 1.73 bits per heavy atom. The van der Waals surface area contributed by atoms with Crippen molar-refractivity contribution in [3.05, 3.63) is 63.9 Å². The Bertz CT molecular complexity index is 905. The minimum atomic E-state index is -3.77. The molecular formula is C17H17Cl2FN2O3S. The molecule has 0 unspecified atom stereocenters. The molecule has 0 aliphatic carbocycles. The van der Waals surface area contributed by atoms with Crippen molar-refractivity contribution in [1.82, 2.24) is 4.90 Å². The minimum absolute atomic E-state index is 0.118. The Balaban J connectivity index is 2.18. The number of benzene rings is 2. The van der Waals surface area contributed by atoms with Gasteiger partial charge in [0.25, 0.3) is 0 Å². The van der Waals surface area contributed by atoms with E-state index in [1.165, 1.54) is 17.0 Å². The van der Waals surface area contributed by atoms with Gasteiger partial charge in [0.05, 0.1) is 17.0 Å². The van der Waals surface area contributed by atoms with Gasteiger partial charge in [-0.25, -0.2) is 12.8 Å². The van der Waals surface area contributed by atoms with Crippen LogP contribution in [0.2, 0.25) is 10.0 Å². The number of carbonyl (C=O) groups excluding carboxylic acids is 1. The highest BCUT2D eigenvalue weighted by Gasteiger charge is 2.23. The van der Waals surface area contributed by atoms with E-state index >= 15 is 0 Å². The summed E-state index contributed by atoms with van der Waals surface area (Å²) < 4.78 is 38.4. The summed E-state index contributed by atoms with van der Waals surface area (Å²) in [4.78, 5) is 13.9. The second-order valence-electron chi connectivity index (χ2n) is 5.74. The van der Waals surface area contributed by atoms with Crippen LogP contribution < -0.4 is 4.31 Å². The molecule has 0 atom stereocenters. The van der Waals surface area contributed by atoms with Crippen molar-refractivity contribution in [3.8, 4) is 0 Å². The first kappa shape index (κ1) is 20.5. The molecule has 0 spiro atoms. The van der Waals surface area contributed by atoms with Crippen LogP contribution in [-0.2, 0) is 21.4 Å². The molecule has 0 N–H and O–H groups in total. The normalized spacial score (nSPS) is 11.3. The predicted octanol–water partition coefficient (Wildman–Crippen LogP) is 3.56. The highest BCUT2D eigenvalue weighted by atomic mass is 35.5. The van der Waals surface area contributed by atoms with Gasteiger partial charge in [-0.1, -0.05) is 35.3 Å². The number of carbonyl (C=O) groups is 1. The topological polar surface area (TPSA) is 57.7 Å². The fourth-order valence-electron chi connectivity index (χ4n) is 2.24. The highest BCUT2D eigenvalue weighted by Crippen LogP contribution is 2.24. The van der Waals surface area contributed by atoms with Gasteiger partial charge in [0, 0.05) is 18.6 Å². The smallest absolute Gasteiger partial charge is 0.243 e. The number of nitrogens with zero attached hydrogens (tertiary/aromatic N) is 2. The van der Waals surface area contributed by atoms with Gasteiger partial charge in [-0.3, -0.25) is 9.10 Å². The largest absolute Gasteiger partial charge is 0.340 e. The van der Waals surface area contributed by atoms with Crippen LogP contribution in [0.4, 0.5) is 10.1 Å². The molecule has 0 saturated carbocycles. The third kappa shape index (κ3) is 5.33. The lowest BCUT2D eigenvalue weighted by molar-refractivity contribution is -0.128. The Morgan fingerprint density at radius 3 is 2.27 bits per heavy atom. The summed E-state index contributed by atoms with van der Waals surface area (Å²) in [6.07, 6.45) is 0.969. The van der Waals surface area contributed by atoms with Gasteiger partial charge in [0.15, 0.2) is 0 Å². The zero-order valence-corrected chi connectivity index (χ0v) is 16.4. The number of hydrogen-bond acceptors (Lipinski definition) is 3. The lowest BCUT2D eigenvalue weighted by atomic mass is 10.2. The number of halogens is 3. The highest BCUT2D eigenvalue weighted by molar-refractivity contribution is 7.92. The molecule has 0 bridgehead atoms. The van der Waals surface area contributed by atoms with E-state index in [4.69, 9.17) is 23.2 Å². The number of hydrogen-bond donors (Lipinski definition) is 0. The van der Waals surface area contributed by atoms with Crippen molar-refractivity contribution in [2.45, 2.75) is 6.54 Å². The molecule has 26 heavy (non-hydrogen) atoms. The fraction of sp³-hybridized carbons (Fsp3) is 0.235. The number of anilines is 1. The van der Waals surface area contributed by atoms with Crippen molar-refractivity contribution in [1.29, 1.82) is 0 Å². The van der Waals surface area contributed by atoms with Crippen LogP contribution in [0, 0.1) is 5.82 Å². The third-order valence-corrected chi connectivity index (χ3v) is 5.31. The Morgan fingerprint density at radius 1 is 1.12 bits per heavy atom. The van der Waals surface area contributed by atoms with Gasteiger partial charge >= 0.3 is 0 Å². The van der Waals surface area contributed by atoms with Crippen LogP contribution in [0.25, 0.3) is 0 Å². The van der Waals surface area contributed by atoms with Crippen LogP contribution >= 0.6 is 23.2 Å². The number of sulfonamides is 1. The molecule has 0 aliphatic rings. The predicted molar refractivity (Wildman–Crippen MR) is 102 cm³/mol. The minimum Gasteiger partial charge on any atom is -0.340 e. The maximum atomic E-state index is 13.3. The van der Waals surface area contributed by atoms with Gasteiger partial charge in [-0.2, -0.15) is 0 Å². The summed E-state index contributed by atoms with van der Waals surface area (Å²) in [5, 5.41) is 0.359. The fourth-order valence-corrected chi connectivity index (χ4v) is 3.38. The molecule has 9 heteroatoms. The second kappa shape index (κ2) is 8.24. The molecule has 0 radical (unpaired) electrons. The van der Waals surface area contributed by atoms with Crippen molar-refractivity contribution in [2.24, 2.45) is 0 Å². The number of amides is 1. The standard InChI is InChI=1S/C17H17Cl2FN2O3S/c1-21(10-12-3-5-13(18)6-4-12)17(23)11-22(26(2,24)25)14-7-8-16(20)15(19)9-14/h3-9H,10-11H2,1-2H3. The van der Waals surface area contributed by atoms with Crippen molar-refractivity contribution in [3.63, 3.8) is 0 Å². The average molecular weight is 419 g/mol. The van der Waals surface area contributed by atoms with E-state index in [0.717, 1.165) is 22.2 Å². The van der Waals surface area contributed by atoms with Gasteiger partial charge < -0.3 is 4.90 Å². The first-order chi connectivity index (χ1) is 12.1. The molecule has 0 aliphatic heterocycles. The van der Waals surface area contributed by atoms with Crippen LogP contribution in [0.5, 0.6) is 0 Å². The van der Waals surface area contributed by atoms with E-state index in [-0.39, 0.29) is 17.3 Å². The van der Waals surface area contributed by atoms with E-state index in [9.17, 15) is 17.6 Å². The molecular weight excluding hydrogens is 402 g/mol. The summed E-state index contributed by atoms with van der Waals surface area (Å²) in [5.74, 6) is -1.10. The van der Waals surface area contributed by atoms with Crippen molar-refractivity contribution >= 4 is 44.8 Å². The monoisotopic (exact) mass is 418 g/mol. The molecule has 0 saturated heterocycles. The molecule has 0 fully saturated rings. The van der Waals surface area contributed by atoms with Crippen LogP contribution in [0.3, 0.4) is 0 Å². The van der Waals surface area contributed by atoms with E-state index in [2.05, 4.69) is 0 Å². The molecule has 0 heterocycles. The summed E-state index contributed by atoms with van der Waals surface area (Å²) in [6, 6.07) is 10.5. The first-order valence-electron chi connectivity index (χ1n) is 7.49. The summed E-state index contributed by atoms with van der Waals surface area (Å²) in [7, 11) is -2.20. The van der Waals surface area contributed by atoms with E-state index in [1.54, 1.807) is 31.3 Å². The van der Waals surface area contributed by atoms with E-state index in [1.807, 2.05) is 0 Å². The summed E-state index contributed by atoms with van der Waals surface area (Å²) in [5.41, 5.74) is 0.966. The van der Waals surface area contributed by atoms with Gasteiger partial charge in [-0.15, -0.1) is 0 Å². The zero-order valence-electron chi connectivity index (χ0n) is 14.1. The van der Waals surface area contributed by atoms with Crippen LogP contribution in [-0.4, -0.2) is 39.1 Å². The lowest BCUT2D eigenvalue weighted by Gasteiger charge is -2.25. The molecule has 2 aromatic carbocycles. The lowest BCUT2D eigenvalue weighted by Crippen LogP contribution is -2.41. The molecule has 1 amide bonds. The molecule has 5 nitrogen and oxygen atoms in total. The third-order valence-electron chi connectivity index (χ3n) is 3.63. The first-order valence-corrected chi connectivity index (χ1v) is 10.1. The average Bonchev–Trinajstić information content (AvgIpc) is 2.56. The van der Waals surface area contributed by atoms with Crippen molar-refractivity contribution in [2.75, 3.05) is 24.2 Å². The zero-order chi connectivity index (χ0) is 19.5. The molecule has 2 aromatic rings. The Labute approximate surface area is 162 Å². The quantitative estimate of drug-likeness (QED) is 0.720. The molecule has 140 valence electrons. The summed E-state index contributed by atoms with van der Waals surface area (Å²) >= 11 is 11.6. The SMILES string of the molecule is CN(Cc1ccc(Cl)cc1)C(=O)CN(c1ccc(F)c(Cl)c1)S(C)(=O)=O. The molecule has 2 rings (SSSR count). The number of rotatable bonds is 6. The van der Waals surface area contributed by atoms with Gasteiger partial charge in [0.1, 0.15) is 12.4 Å². The van der Waals surface area contributed by atoms with E-state index < -0.39 is 28.3 Å². The van der Waals surface area contributed by atoms with E-state index in [0.29, 0.717) is 5.02 Å². The molecule has 0 aromatic heterocycles. The van der Waals surface area contributed by atoms with Gasteiger partial charge in [0.2, 0.25) is 15.9 Å². The summed E-state index contributed by atoms with van der Waals surface area (Å²) in [6.45, 7) is -0.136. The Kier molecular flexibility index (Phi) is 6.49. The van der Waals surface area contributed by atoms with Crippen molar-refractivity contribution < 1.29 is 17.6 Å². The van der Waals surface area contributed by atoms with Crippen LogP contribution in [0.1, 0.15) is 5.56 Å².